The van der Waals surface area contributed by atoms with Gasteiger partial charge in [0.25, 0.3) is 25.9 Å². The minimum atomic E-state index is -5.06. The molecule has 0 aliphatic rings. The summed E-state index contributed by atoms with van der Waals surface area (Å²) >= 11 is 0. The summed E-state index contributed by atoms with van der Waals surface area (Å²) in [7, 11) is -10.0. The van der Waals surface area contributed by atoms with E-state index < -0.39 is 79.1 Å². The van der Waals surface area contributed by atoms with E-state index in [1.807, 2.05) is 0 Å². The molecule has 3 rings (SSSR count). The summed E-state index contributed by atoms with van der Waals surface area (Å²) in [4.78, 5) is 18.3. The van der Waals surface area contributed by atoms with Gasteiger partial charge in [0.15, 0.2) is 5.69 Å². The van der Waals surface area contributed by atoms with Crippen molar-refractivity contribution in [2.45, 2.75) is 9.79 Å². The van der Waals surface area contributed by atoms with Crippen molar-refractivity contribution in [3.05, 3.63) is 62.7 Å². The molecule has 0 spiro atoms. The number of nitrogens with zero attached hydrogens (tertiary/aromatic N) is 4. The van der Waals surface area contributed by atoms with Crippen molar-refractivity contribution in [2.24, 2.45) is 10.2 Å². The third-order valence-electron chi connectivity index (χ3n) is 4.23. The lowest BCUT2D eigenvalue weighted by atomic mass is 10.1. The Bertz CT molecular complexity index is 1580. The molecular weight excluding hydrogens is 488 g/mol. The molecule has 0 radical (unpaired) electrons. The van der Waals surface area contributed by atoms with Gasteiger partial charge in [-0.3, -0.25) is 29.3 Å². The molecule has 0 fully saturated rings. The summed E-state index contributed by atoms with van der Waals surface area (Å²) in [6.07, 6.45) is 0. The predicted molar refractivity (Wildman–Crippen MR) is 109 cm³/mol. The fourth-order valence-corrected chi connectivity index (χ4v) is 4.18. The van der Waals surface area contributed by atoms with Crippen LogP contribution in [0.25, 0.3) is 10.8 Å². The number of fused-ring (bicyclic) bond motifs is 1. The monoisotopic (exact) mass is 498 g/mol. The average Bonchev–Trinajstić information content (AvgIpc) is 2.71. The molecule has 0 aromatic heterocycles. The highest BCUT2D eigenvalue weighted by Gasteiger charge is 2.26. The van der Waals surface area contributed by atoms with Crippen molar-refractivity contribution < 1.29 is 40.9 Å². The zero-order valence-electron chi connectivity index (χ0n) is 15.8. The van der Waals surface area contributed by atoms with Crippen molar-refractivity contribution in [3.63, 3.8) is 0 Å². The third kappa shape index (κ3) is 4.60. The molecule has 0 heterocycles. The quantitative estimate of drug-likeness (QED) is 0.193. The summed E-state index contributed by atoms with van der Waals surface area (Å²) in [6.45, 7) is 0. The van der Waals surface area contributed by atoms with Crippen LogP contribution in [0.2, 0.25) is 0 Å². The summed E-state index contributed by atoms with van der Waals surface area (Å²) in [5.74, 6) is -1.06. The summed E-state index contributed by atoms with van der Waals surface area (Å²) in [5, 5.41) is 38.5. The molecule has 0 saturated carbocycles. The fourth-order valence-electron chi connectivity index (χ4n) is 2.84. The summed E-state index contributed by atoms with van der Waals surface area (Å²) < 4.78 is 65.8. The number of nitro groups is 2. The van der Waals surface area contributed by atoms with Gasteiger partial charge in [-0.2, -0.15) is 16.8 Å². The number of hydrogen-bond acceptors (Lipinski definition) is 11. The Labute approximate surface area is 183 Å². The first-order valence-electron chi connectivity index (χ1n) is 8.30. The second-order valence-electron chi connectivity index (χ2n) is 6.26. The summed E-state index contributed by atoms with van der Waals surface area (Å²) in [5.41, 5.74) is -2.63. The fraction of sp³-hybridized carbons (Fsp3) is 0. The van der Waals surface area contributed by atoms with Crippen LogP contribution in [0.3, 0.4) is 0 Å². The number of phenolic OH excluding ortho intramolecular Hbond substituents is 1. The molecule has 3 aromatic carbocycles. The van der Waals surface area contributed by atoms with Crippen LogP contribution in [0.1, 0.15) is 0 Å². The first kappa shape index (κ1) is 23.6. The van der Waals surface area contributed by atoms with E-state index in [0.29, 0.717) is 12.1 Å². The smallest absolute Gasteiger partial charge is 0.303 e. The van der Waals surface area contributed by atoms with Crippen molar-refractivity contribution in [2.75, 3.05) is 0 Å². The Kier molecular flexibility index (Phi) is 5.81. The predicted octanol–water partition coefficient (Wildman–Crippen LogP) is 3.27. The average molecular weight is 498 g/mol. The van der Waals surface area contributed by atoms with Crippen molar-refractivity contribution in [1.82, 2.24) is 0 Å². The van der Waals surface area contributed by atoms with Gasteiger partial charge in [-0.25, -0.2) is 0 Å². The molecule has 0 aliphatic heterocycles. The maximum atomic E-state index is 11.8. The maximum absolute atomic E-state index is 11.8. The van der Waals surface area contributed by atoms with E-state index in [1.54, 1.807) is 0 Å². The Balaban J connectivity index is 2.38. The lowest BCUT2D eigenvalue weighted by molar-refractivity contribution is -0.393. The molecule has 0 atom stereocenters. The number of hydrogen-bond donors (Lipinski definition) is 3. The number of rotatable bonds is 6. The molecule has 0 amide bonds. The van der Waals surface area contributed by atoms with E-state index in [-0.39, 0.29) is 0 Å². The number of phenols is 1. The minimum Gasteiger partial charge on any atom is -0.506 e. The summed E-state index contributed by atoms with van der Waals surface area (Å²) in [6, 6.07) is 5.89. The number of non-ortho nitro benzene ring substituents is 1. The zero-order chi connectivity index (χ0) is 24.7. The lowest BCUT2D eigenvalue weighted by Gasteiger charge is -2.11. The second-order valence-corrected chi connectivity index (χ2v) is 9.04. The van der Waals surface area contributed by atoms with Crippen molar-refractivity contribution in [1.29, 1.82) is 0 Å². The molecule has 15 nitrogen and oxygen atoms in total. The Morgan fingerprint density at radius 2 is 1.39 bits per heavy atom. The highest BCUT2D eigenvalue weighted by molar-refractivity contribution is 7.86. The zero-order valence-corrected chi connectivity index (χ0v) is 17.4. The topological polar surface area (TPSA) is 240 Å². The number of nitro benzene ring substituents is 2. The molecule has 172 valence electrons. The first-order chi connectivity index (χ1) is 15.2. The molecule has 17 heteroatoms. The molecule has 0 aliphatic carbocycles. The van der Waals surface area contributed by atoms with Crippen LogP contribution < -0.4 is 0 Å². The van der Waals surface area contributed by atoms with Gasteiger partial charge in [-0.1, -0.05) is 12.1 Å². The number of benzene rings is 3. The van der Waals surface area contributed by atoms with E-state index in [2.05, 4.69) is 10.2 Å². The van der Waals surface area contributed by atoms with Gasteiger partial charge in [0.05, 0.1) is 21.6 Å². The Morgan fingerprint density at radius 1 is 0.788 bits per heavy atom. The van der Waals surface area contributed by atoms with Gasteiger partial charge >= 0.3 is 5.69 Å². The van der Waals surface area contributed by atoms with Gasteiger partial charge in [0, 0.05) is 16.8 Å². The SMILES string of the molecule is O=[N+]([O-])c1ccc(N=Nc2cc(S(=O)(=O)O)c(O)c3cccc(S(=O)(=O)O)c23)c([N+](=O)[O-])c1. The van der Waals surface area contributed by atoms with Crippen LogP contribution >= 0.6 is 0 Å². The first-order valence-corrected chi connectivity index (χ1v) is 11.2. The maximum Gasteiger partial charge on any atom is 0.303 e. The highest BCUT2D eigenvalue weighted by atomic mass is 32.2. The van der Waals surface area contributed by atoms with E-state index in [4.69, 9.17) is 0 Å². The normalized spacial score (nSPS) is 12.3. The second kappa shape index (κ2) is 8.13. The largest absolute Gasteiger partial charge is 0.506 e. The van der Waals surface area contributed by atoms with Crippen LogP contribution in [0.5, 0.6) is 5.75 Å². The van der Waals surface area contributed by atoms with Gasteiger partial charge in [0.1, 0.15) is 15.5 Å². The van der Waals surface area contributed by atoms with Crippen LogP contribution in [-0.2, 0) is 20.2 Å². The lowest BCUT2D eigenvalue weighted by Crippen LogP contribution is -2.02. The van der Waals surface area contributed by atoms with Gasteiger partial charge in [0.2, 0.25) is 0 Å². The van der Waals surface area contributed by atoms with Gasteiger partial charge in [-0.05, 0) is 18.2 Å². The minimum absolute atomic E-state index is 0.465. The van der Waals surface area contributed by atoms with Crippen LogP contribution in [0.4, 0.5) is 22.7 Å². The molecule has 3 N–H and O–H groups in total. The third-order valence-corrected chi connectivity index (χ3v) is 5.99. The number of azo groups is 1. The highest BCUT2D eigenvalue weighted by Crippen LogP contribution is 2.42. The van der Waals surface area contributed by atoms with Gasteiger partial charge < -0.3 is 5.11 Å². The van der Waals surface area contributed by atoms with Crippen molar-refractivity contribution >= 4 is 53.8 Å². The Hall–Kier alpha value is -4.06. The van der Waals surface area contributed by atoms with Crippen LogP contribution in [-0.4, -0.2) is 40.9 Å². The molecular formula is C16H10N4O11S2. The van der Waals surface area contributed by atoms with E-state index in [0.717, 1.165) is 30.3 Å². The molecule has 0 bridgehead atoms. The van der Waals surface area contributed by atoms with E-state index >= 15 is 0 Å². The van der Waals surface area contributed by atoms with E-state index in [1.165, 1.54) is 0 Å². The van der Waals surface area contributed by atoms with Crippen LogP contribution in [0.15, 0.2) is 62.5 Å². The Morgan fingerprint density at radius 3 is 1.94 bits per heavy atom. The number of aromatic hydroxyl groups is 1. The van der Waals surface area contributed by atoms with E-state index in [9.17, 15) is 51.3 Å². The standard InChI is InChI=1S/C16H10N4O11S2/c21-16-9-2-1-3-13(32(26,27)28)15(9)11(7-14(16)33(29,30)31)18-17-10-5-4-8(19(22)23)6-12(10)20(24)25/h1-7,21H,(H,26,27,28)(H,29,30,31). The van der Waals surface area contributed by atoms with Crippen LogP contribution in [0, 0.1) is 20.2 Å². The van der Waals surface area contributed by atoms with Crippen molar-refractivity contribution in [3.8, 4) is 5.75 Å². The molecule has 0 saturated heterocycles. The molecule has 33 heavy (non-hydrogen) atoms. The van der Waals surface area contributed by atoms with Gasteiger partial charge in [-0.15, -0.1) is 10.2 Å². The molecule has 0 unspecified atom stereocenters. The molecule has 3 aromatic rings.